The molecule has 26 heavy (non-hydrogen) atoms. The van der Waals surface area contributed by atoms with Gasteiger partial charge < -0.3 is 25.3 Å². The third-order valence-corrected chi connectivity index (χ3v) is 3.67. The number of rotatable bonds is 4. The van der Waals surface area contributed by atoms with Gasteiger partial charge in [0.1, 0.15) is 0 Å². The molecule has 2 aromatic rings. The Morgan fingerprint density at radius 3 is 2.69 bits per heavy atom. The third-order valence-electron chi connectivity index (χ3n) is 3.67. The average Bonchev–Trinajstić information content (AvgIpc) is 2.85. The predicted molar refractivity (Wildman–Crippen MR) is 109 cm³/mol. The zero-order chi connectivity index (χ0) is 17.6. The number of nitrogens with one attached hydrogen (secondary N) is 1. The van der Waals surface area contributed by atoms with Gasteiger partial charge in [0.25, 0.3) is 0 Å². The number of fused-ring (bicyclic) bond motifs is 1. The number of hydrogen-bond donors (Lipinski definition) is 2. The number of nitrogens with two attached hydrogens (primary N) is 1. The second-order valence-corrected chi connectivity index (χ2v) is 5.51. The van der Waals surface area contributed by atoms with Gasteiger partial charge >= 0.3 is 0 Å². The highest BCUT2D eigenvalue weighted by atomic mass is 127. The molecule has 140 valence electrons. The first-order valence-corrected chi connectivity index (χ1v) is 7.95. The molecule has 3 N–H and O–H groups in total. The molecule has 0 saturated carbocycles. The Kier molecular flexibility index (Phi) is 7.31. The van der Waals surface area contributed by atoms with Crippen molar-refractivity contribution in [3.63, 3.8) is 0 Å². The van der Waals surface area contributed by atoms with E-state index < -0.39 is 5.82 Å². The van der Waals surface area contributed by atoms with Crippen LogP contribution in [0.1, 0.15) is 12.0 Å². The minimum Gasteiger partial charge on any atom is -0.494 e. The minimum absolute atomic E-state index is 0. The van der Waals surface area contributed by atoms with Crippen molar-refractivity contribution >= 4 is 35.6 Å². The number of nitrogens with zero attached hydrogens (tertiary/aromatic N) is 1. The molecule has 3 rings (SSSR count). The van der Waals surface area contributed by atoms with E-state index in [9.17, 15) is 4.39 Å². The number of hydrogen-bond acceptors (Lipinski definition) is 4. The number of benzene rings is 2. The van der Waals surface area contributed by atoms with E-state index in [-0.39, 0.29) is 42.2 Å². The van der Waals surface area contributed by atoms with Gasteiger partial charge in [0.15, 0.2) is 29.0 Å². The van der Waals surface area contributed by atoms with Crippen LogP contribution in [0.2, 0.25) is 0 Å². The molecule has 0 amide bonds. The van der Waals surface area contributed by atoms with Gasteiger partial charge in [-0.15, -0.1) is 24.0 Å². The highest BCUT2D eigenvalue weighted by Crippen LogP contribution is 2.32. The van der Waals surface area contributed by atoms with Crippen molar-refractivity contribution in [3.05, 3.63) is 47.8 Å². The highest BCUT2D eigenvalue weighted by Gasteiger charge is 2.11. The summed E-state index contributed by atoms with van der Waals surface area (Å²) in [6, 6.07) is 10.2. The Balaban J connectivity index is 0.00000243. The molecule has 1 heterocycles. The highest BCUT2D eigenvalue weighted by molar-refractivity contribution is 14.0. The minimum atomic E-state index is -0.426. The van der Waals surface area contributed by atoms with E-state index in [2.05, 4.69) is 10.3 Å². The van der Waals surface area contributed by atoms with Crippen molar-refractivity contribution in [1.82, 2.24) is 0 Å². The number of guanidine groups is 1. The lowest BCUT2D eigenvalue weighted by molar-refractivity contribution is 0.297. The van der Waals surface area contributed by atoms with Crippen LogP contribution in [0.15, 0.2) is 41.4 Å². The van der Waals surface area contributed by atoms with E-state index >= 15 is 0 Å². The van der Waals surface area contributed by atoms with Crippen molar-refractivity contribution in [2.75, 3.05) is 25.6 Å². The topological polar surface area (TPSA) is 78.1 Å². The van der Waals surface area contributed by atoms with Crippen molar-refractivity contribution in [2.24, 2.45) is 10.7 Å². The summed E-state index contributed by atoms with van der Waals surface area (Å²) < 4.78 is 29.8. The first-order chi connectivity index (χ1) is 12.2. The summed E-state index contributed by atoms with van der Waals surface area (Å²) in [5.41, 5.74) is 7.34. The van der Waals surface area contributed by atoms with Gasteiger partial charge in [-0.3, -0.25) is 0 Å². The zero-order valence-corrected chi connectivity index (χ0v) is 16.7. The number of halogens is 2. The van der Waals surface area contributed by atoms with E-state index in [0.717, 1.165) is 12.1 Å². The molecule has 0 atom stereocenters. The van der Waals surface area contributed by atoms with Gasteiger partial charge in [0.2, 0.25) is 0 Å². The van der Waals surface area contributed by atoms with E-state index in [4.69, 9.17) is 19.9 Å². The van der Waals surface area contributed by atoms with Crippen molar-refractivity contribution in [1.29, 1.82) is 0 Å². The Morgan fingerprint density at radius 1 is 1.19 bits per heavy atom. The molecule has 0 spiro atoms. The van der Waals surface area contributed by atoms with Crippen molar-refractivity contribution < 1.29 is 18.6 Å². The molecular weight excluding hydrogens is 452 g/mol. The second kappa shape index (κ2) is 9.46. The summed E-state index contributed by atoms with van der Waals surface area (Å²) in [5.74, 6) is 1.39. The molecule has 6 nitrogen and oxygen atoms in total. The lowest BCUT2D eigenvalue weighted by Gasteiger charge is -2.11. The number of methoxy groups -OCH3 is 1. The Labute approximate surface area is 168 Å². The maximum Gasteiger partial charge on any atom is 0.193 e. The number of ether oxygens (including phenoxy) is 3. The smallest absolute Gasteiger partial charge is 0.193 e. The summed E-state index contributed by atoms with van der Waals surface area (Å²) >= 11 is 0. The van der Waals surface area contributed by atoms with Gasteiger partial charge in [-0.25, -0.2) is 9.38 Å². The number of aliphatic imine (C=N–C) groups is 1. The summed E-state index contributed by atoms with van der Waals surface area (Å²) in [6.07, 6.45) is 0.847. The average molecular weight is 473 g/mol. The van der Waals surface area contributed by atoms with Crippen LogP contribution in [0.4, 0.5) is 10.1 Å². The van der Waals surface area contributed by atoms with Crippen molar-refractivity contribution in [3.8, 4) is 17.2 Å². The summed E-state index contributed by atoms with van der Waals surface area (Å²) in [7, 11) is 1.42. The van der Waals surface area contributed by atoms with Gasteiger partial charge in [-0.05, 0) is 29.8 Å². The van der Waals surface area contributed by atoms with Crippen LogP contribution >= 0.6 is 24.0 Å². The molecule has 0 aromatic heterocycles. The van der Waals surface area contributed by atoms with Crippen LogP contribution in [0.5, 0.6) is 17.2 Å². The van der Waals surface area contributed by atoms with Crippen LogP contribution < -0.4 is 25.3 Å². The first-order valence-electron chi connectivity index (χ1n) is 7.95. The predicted octanol–water partition coefficient (Wildman–Crippen LogP) is 3.54. The molecule has 0 bridgehead atoms. The van der Waals surface area contributed by atoms with Gasteiger partial charge in [-0.2, -0.15) is 0 Å². The number of anilines is 1. The molecule has 0 radical (unpaired) electrons. The molecule has 0 fully saturated rings. The molecule has 0 saturated heterocycles. The summed E-state index contributed by atoms with van der Waals surface area (Å²) in [5, 5.41) is 2.99. The van der Waals surface area contributed by atoms with E-state index in [1.807, 2.05) is 18.2 Å². The normalized spacial score (nSPS) is 13.4. The van der Waals surface area contributed by atoms with Crippen LogP contribution in [0, 0.1) is 5.82 Å². The molecule has 0 unspecified atom stereocenters. The van der Waals surface area contributed by atoms with Crippen LogP contribution in [-0.2, 0) is 6.54 Å². The molecule has 2 aromatic carbocycles. The standard InChI is InChI=1S/C18H20FN3O3.HI/c1-23-15-5-3-12(9-14(15)19)11-21-18(20)22-13-4-6-16-17(10-13)25-8-2-7-24-16;/h3-6,9-10H,2,7-8,11H2,1H3,(H3,20,21,22);1H. The maximum atomic E-state index is 13.7. The van der Waals surface area contributed by atoms with E-state index in [1.54, 1.807) is 12.1 Å². The lowest BCUT2D eigenvalue weighted by Crippen LogP contribution is -2.22. The third kappa shape index (κ3) is 5.13. The van der Waals surface area contributed by atoms with Gasteiger partial charge in [-0.1, -0.05) is 6.07 Å². The largest absolute Gasteiger partial charge is 0.494 e. The Hall–Kier alpha value is -2.23. The van der Waals surface area contributed by atoms with Gasteiger partial charge in [0.05, 0.1) is 26.9 Å². The SMILES string of the molecule is COc1ccc(CN=C(N)Nc2ccc3c(c2)OCCCO3)cc1F.I. The fourth-order valence-electron chi connectivity index (χ4n) is 2.41. The fourth-order valence-corrected chi connectivity index (χ4v) is 2.41. The van der Waals surface area contributed by atoms with Crippen LogP contribution in [0.3, 0.4) is 0 Å². The van der Waals surface area contributed by atoms with Gasteiger partial charge in [0, 0.05) is 18.2 Å². The molecule has 8 heteroatoms. The molecule has 1 aliphatic heterocycles. The van der Waals surface area contributed by atoms with E-state index in [0.29, 0.717) is 30.3 Å². The molecule has 1 aliphatic rings. The zero-order valence-electron chi connectivity index (χ0n) is 14.3. The van der Waals surface area contributed by atoms with Crippen molar-refractivity contribution in [2.45, 2.75) is 13.0 Å². The Morgan fingerprint density at radius 2 is 1.96 bits per heavy atom. The van der Waals surface area contributed by atoms with Crippen LogP contribution in [0.25, 0.3) is 0 Å². The first kappa shape index (κ1) is 20.1. The summed E-state index contributed by atoms with van der Waals surface area (Å²) in [6.45, 7) is 1.51. The second-order valence-electron chi connectivity index (χ2n) is 5.51. The van der Waals surface area contributed by atoms with E-state index in [1.165, 1.54) is 13.2 Å². The Bertz CT molecular complexity index is 786. The molecular formula is C18H21FIN3O3. The quantitative estimate of drug-likeness (QED) is 0.404. The maximum absolute atomic E-state index is 13.7. The molecule has 0 aliphatic carbocycles. The van der Waals surface area contributed by atoms with Crippen LogP contribution in [-0.4, -0.2) is 26.3 Å². The monoisotopic (exact) mass is 473 g/mol. The lowest BCUT2D eigenvalue weighted by atomic mass is 10.2. The fraction of sp³-hybridized carbons (Fsp3) is 0.278. The summed E-state index contributed by atoms with van der Waals surface area (Å²) in [4.78, 5) is 4.22.